The van der Waals surface area contributed by atoms with E-state index in [1.807, 2.05) is 74.5 Å². The molecule has 2 aromatic carbocycles. The number of benzene rings is 2. The topological polar surface area (TPSA) is 104 Å². The van der Waals surface area contributed by atoms with Gasteiger partial charge in [-0.25, -0.2) is 0 Å². The number of hydrogen-bond acceptors (Lipinski definition) is 7. The Kier molecular flexibility index (Phi) is 9.26. The average molecular weight is 481 g/mol. The van der Waals surface area contributed by atoms with E-state index in [2.05, 4.69) is 33.0 Å². The molecule has 1 aliphatic rings. The second kappa shape index (κ2) is 12.2. The molecular weight excluding hydrogens is 440 g/mol. The van der Waals surface area contributed by atoms with E-state index in [4.69, 9.17) is 10.5 Å². The molecule has 0 saturated carbocycles. The quantitative estimate of drug-likeness (QED) is 0.329. The smallest absolute Gasteiger partial charge is 0.230 e. The summed E-state index contributed by atoms with van der Waals surface area (Å²) < 4.78 is 6.08. The summed E-state index contributed by atoms with van der Waals surface area (Å²) in [6.45, 7) is 7.52. The Labute approximate surface area is 209 Å². The Morgan fingerprint density at radius 2 is 1.83 bits per heavy atom. The van der Waals surface area contributed by atoms with Gasteiger partial charge in [-0.2, -0.15) is 5.10 Å². The molecule has 3 rings (SSSR count). The number of nitrogens with one attached hydrogen (secondary N) is 3. The normalized spacial score (nSPS) is 18.1. The van der Waals surface area contributed by atoms with Crippen molar-refractivity contribution < 1.29 is 9.53 Å². The molecule has 0 radical (unpaired) electrons. The van der Waals surface area contributed by atoms with Crippen LogP contribution in [-0.4, -0.2) is 55.2 Å². The SMILES string of the molecule is CCC(CCN1C=NNC1C(COCc1ccccc1)NC(C)(C)N)(C(=O)NC)c1ccccc1. The van der Waals surface area contributed by atoms with E-state index in [1.165, 1.54) is 0 Å². The predicted octanol–water partition coefficient (Wildman–Crippen LogP) is 2.51. The Morgan fingerprint density at radius 3 is 2.43 bits per heavy atom. The first-order valence-corrected chi connectivity index (χ1v) is 12.3. The summed E-state index contributed by atoms with van der Waals surface area (Å²) in [4.78, 5) is 15.3. The minimum absolute atomic E-state index is 0.0239. The molecule has 0 aromatic heterocycles. The molecule has 0 bridgehead atoms. The van der Waals surface area contributed by atoms with E-state index in [0.29, 0.717) is 32.6 Å². The van der Waals surface area contributed by atoms with Gasteiger partial charge < -0.3 is 20.7 Å². The highest BCUT2D eigenvalue weighted by Crippen LogP contribution is 2.33. The van der Waals surface area contributed by atoms with Gasteiger partial charge in [0.1, 0.15) is 12.5 Å². The minimum atomic E-state index is -0.628. The molecule has 35 heavy (non-hydrogen) atoms. The van der Waals surface area contributed by atoms with Crippen LogP contribution in [0.5, 0.6) is 0 Å². The van der Waals surface area contributed by atoms with Crippen LogP contribution in [0, 0.1) is 0 Å². The first-order chi connectivity index (χ1) is 16.8. The fourth-order valence-electron chi connectivity index (χ4n) is 4.66. The fourth-order valence-corrected chi connectivity index (χ4v) is 4.66. The molecule has 1 amide bonds. The molecule has 0 spiro atoms. The van der Waals surface area contributed by atoms with Gasteiger partial charge in [0.15, 0.2) is 0 Å². The van der Waals surface area contributed by atoms with Gasteiger partial charge in [-0.3, -0.25) is 15.5 Å². The molecule has 0 fully saturated rings. The summed E-state index contributed by atoms with van der Waals surface area (Å²) in [6, 6.07) is 20.0. The number of nitrogens with zero attached hydrogens (tertiary/aromatic N) is 2. The van der Waals surface area contributed by atoms with Gasteiger partial charge in [0.25, 0.3) is 0 Å². The molecule has 1 heterocycles. The van der Waals surface area contributed by atoms with Crippen molar-refractivity contribution in [1.82, 2.24) is 21.0 Å². The number of carbonyl (C=O) groups is 1. The predicted molar refractivity (Wildman–Crippen MR) is 141 cm³/mol. The largest absolute Gasteiger partial charge is 0.375 e. The summed E-state index contributed by atoms with van der Waals surface area (Å²) in [5, 5.41) is 10.7. The number of hydrogen-bond donors (Lipinski definition) is 4. The molecule has 1 aliphatic heterocycles. The highest BCUT2D eigenvalue weighted by molar-refractivity contribution is 5.88. The second-order valence-electron chi connectivity index (χ2n) is 9.66. The second-order valence-corrected chi connectivity index (χ2v) is 9.66. The molecule has 5 N–H and O–H groups in total. The van der Waals surface area contributed by atoms with Gasteiger partial charge in [0.05, 0.1) is 30.3 Å². The van der Waals surface area contributed by atoms with Gasteiger partial charge in [0, 0.05) is 13.6 Å². The third-order valence-electron chi connectivity index (χ3n) is 6.51. The number of rotatable bonds is 13. The van der Waals surface area contributed by atoms with Crippen molar-refractivity contribution in [2.75, 3.05) is 20.2 Å². The number of carbonyl (C=O) groups excluding carboxylic acids is 1. The maximum atomic E-state index is 13.1. The van der Waals surface area contributed by atoms with Gasteiger partial charge in [-0.05, 0) is 37.8 Å². The third-order valence-corrected chi connectivity index (χ3v) is 6.51. The number of amides is 1. The van der Waals surface area contributed by atoms with E-state index in [9.17, 15) is 4.79 Å². The Hall–Kier alpha value is -2.94. The number of ether oxygens (including phenoxy) is 1. The summed E-state index contributed by atoms with van der Waals surface area (Å²) in [7, 11) is 1.70. The Bertz CT molecular complexity index is 947. The Morgan fingerprint density at radius 1 is 1.17 bits per heavy atom. The van der Waals surface area contributed by atoms with Crippen LogP contribution in [0.4, 0.5) is 0 Å². The monoisotopic (exact) mass is 480 g/mol. The van der Waals surface area contributed by atoms with Gasteiger partial charge in [-0.1, -0.05) is 67.6 Å². The van der Waals surface area contributed by atoms with E-state index >= 15 is 0 Å². The molecule has 2 aromatic rings. The van der Waals surface area contributed by atoms with Crippen LogP contribution in [0.25, 0.3) is 0 Å². The van der Waals surface area contributed by atoms with Gasteiger partial charge in [0.2, 0.25) is 5.91 Å². The molecule has 8 nitrogen and oxygen atoms in total. The minimum Gasteiger partial charge on any atom is -0.375 e. The first-order valence-electron chi connectivity index (χ1n) is 12.3. The van der Waals surface area contributed by atoms with Crippen molar-refractivity contribution in [3.05, 3.63) is 71.8 Å². The van der Waals surface area contributed by atoms with Crippen molar-refractivity contribution in [1.29, 1.82) is 0 Å². The van der Waals surface area contributed by atoms with E-state index < -0.39 is 11.1 Å². The molecule has 190 valence electrons. The van der Waals surface area contributed by atoms with E-state index in [-0.39, 0.29) is 18.1 Å². The molecular formula is C27H40N6O2. The van der Waals surface area contributed by atoms with Crippen molar-refractivity contribution >= 4 is 12.2 Å². The molecule has 3 atom stereocenters. The lowest BCUT2D eigenvalue weighted by molar-refractivity contribution is -0.126. The highest BCUT2D eigenvalue weighted by Gasteiger charge is 2.40. The van der Waals surface area contributed by atoms with Crippen LogP contribution < -0.4 is 21.8 Å². The lowest BCUT2D eigenvalue weighted by Gasteiger charge is -2.38. The molecule has 0 aliphatic carbocycles. The van der Waals surface area contributed by atoms with Crippen LogP contribution in [-0.2, 0) is 21.6 Å². The zero-order chi connectivity index (χ0) is 25.3. The van der Waals surface area contributed by atoms with Crippen LogP contribution in [0.15, 0.2) is 65.8 Å². The fraction of sp³-hybridized carbons (Fsp3) is 0.481. The first kappa shape index (κ1) is 26.7. The standard InChI is InChI=1S/C27H40N6O2/c1-5-27(25(34)29-4,22-14-10-7-11-15-22)16-17-33-20-30-32-24(33)23(31-26(2,3)28)19-35-18-21-12-8-6-9-13-21/h6-15,20,23-24,31-32H,5,16-19,28H2,1-4H3,(H,29,34). The van der Waals surface area contributed by atoms with Gasteiger partial charge >= 0.3 is 0 Å². The van der Waals surface area contributed by atoms with Crippen LogP contribution in [0.3, 0.4) is 0 Å². The Balaban J connectivity index is 1.73. The highest BCUT2D eigenvalue weighted by atomic mass is 16.5. The molecule has 3 unspecified atom stereocenters. The number of likely N-dealkylation sites (N-methyl/N-ethyl adjacent to an activating group) is 1. The van der Waals surface area contributed by atoms with Crippen LogP contribution >= 0.6 is 0 Å². The summed E-state index contributed by atoms with van der Waals surface area (Å²) in [5.74, 6) is 0.0239. The van der Waals surface area contributed by atoms with Crippen molar-refractivity contribution in [2.24, 2.45) is 10.8 Å². The van der Waals surface area contributed by atoms with E-state index in [1.54, 1.807) is 13.4 Å². The average Bonchev–Trinajstić information content (AvgIpc) is 3.33. The van der Waals surface area contributed by atoms with Crippen molar-refractivity contribution in [3.8, 4) is 0 Å². The summed E-state index contributed by atoms with van der Waals surface area (Å²) in [5.41, 5.74) is 10.4. The van der Waals surface area contributed by atoms with Gasteiger partial charge in [-0.15, -0.1) is 0 Å². The van der Waals surface area contributed by atoms with Crippen molar-refractivity contribution in [3.63, 3.8) is 0 Å². The number of hydrazone groups is 1. The maximum Gasteiger partial charge on any atom is 0.230 e. The number of nitrogens with two attached hydrogens (primary N) is 1. The van der Waals surface area contributed by atoms with Crippen LogP contribution in [0.1, 0.15) is 44.7 Å². The molecule has 0 saturated heterocycles. The van der Waals surface area contributed by atoms with Crippen LogP contribution in [0.2, 0.25) is 0 Å². The van der Waals surface area contributed by atoms with Crippen molar-refractivity contribution in [2.45, 2.75) is 63.5 Å². The summed E-state index contributed by atoms with van der Waals surface area (Å²) in [6.07, 6.45) is 2.97. The zero-order valence-corrected chi connectivity index (χ0v) is 21.3. The lowest BCUT2D eigenvalue weighted by atomic mass is 9.74. The van der Waals surface area contributed by atoms with E-state index in [0.717, 1.165) is 11.1 Å². The maximum absolute atomic E-state index is 13.1. The molecule has 8 heteroatoms. The third kappa shape index (κ3) is 7.04. The lowest BCUT2D eigenvalue weighted by Crippen LogP contribution is -2.63. The summed E-state index contributed by atoms with van der Waals surface area (Å²) >= 11 is 0. The zero-order valence-electron chi connectivity index (χ0n) is 21.3.